The lowest BCUT2D eigenvalue weighted by Gasteiger charge is -2.41. The average molecular weight is 403 g/mol. The van der Waals surface area contributed by atoms with E-state index in [1.165, 1.54) is 17.5 Å². The highest BCUT2D eigenvalue weighted by Crippen LogP contribution is 2.25. The molecule has 4 nitrogen and oxygen atoms in total. The van der Waals surface area contributed by atoms with E-state index in [4.69, 9.17) is 0 Å². The number of nitrogens with zero attached hydrogens (tertiary/aromatic N) is 2. The summed E-state index contributed by atoms with van der Waals surface area (Å²) in [4.78, 5) is 17.5. The minimum atomic E-state index is -1.05. The van der Waals surface area contributed by atoms with Crippen molar-refractivity contribution in [3.05, 3.63) is 70.8 Å². The topological polar surface area (TPSA) is 43.8 Å². The van der Waals surface area contributed by atoms with Gasteiger partial charge in [0.2, 0.25) is 0 Å². The van der Waals surface area contributed by atoms with Crippen LogP contribution in [-0.4, -0.2) is 58.6 Å². The summed E-state index contributed by atoms with van der Waals surface area (Å²) in [6.45, 7) is 6.68. The summed E-state index contributed by atoms with van der Waals surface area (Å²) < 4.78 is 0. The smallest absolute Gasteiger partial charge is 0.253 e. The number of amides is 1. The molecule has 1 heterocycles. The normalized spacial score (nSPS) is 19.6. The molecule has 1 N–H and O–H groups in total. The predicted molar refractivity (Wildman–Crippen MR) is 119 cm³/mol. The second-order valence-corrected chi connectivity index (χ2v) is 8.88. The van der Waals surface area contributed by atoms with Gasteiger partial charge in [-0.2, -0.15) is 0 Å². The van der Waals surface area contributed by atoms with Crippen LogP contribution in [0, 0.1) is 11.8 Å². The molecule has 1 aliphatic carbocycles. The molecule has 2 aromatic carbocycles. The molecule has 0 spiro atoms. The van der Waals surface area contributed by atoms with Crippen LogP contribution >= 0.6 is 0 Å². The maximum Gasteiger partial charge on any atom is 0.253 e. The number of piperazine rings is 1. The maximum absolute atomic E-state index is 13.0. The molecule has 1 amide bonds. The summed E-state index contributed by atoms with van der Waals surface area (Å²) in [5.74, 6) is 5.83. The molecular formula is C26H30N2O2. The molecule has 0 radical (unpaired) electrons. The van der Waals surface area contributed by atoms with Crippen LogP contribution < -0.4 is 0 Å². The number of aryl methyl sites for hydroxylation is 1. The van der Waals surface area contributed by atoms with Gasteiger partial charge in [-0.25, -0.2) is 0 Å². The fourth-order valence-corrected chi connectivity index (χ4v) is 4.42. The number of hydrogen-bond acceptors (Lipinski definition) is 3. The minimum Gasteiger partial charge on any atom is -0.378 e. The largest absolute Gasteiger partial charge is 0.378 e. The van der Waals surface area contributed by atoms with Gasteiger partial charge in [0.05, 0.1) is 0 Å². The minimum absolute atomic E-state index is 0.0653. The van der Waals surface area contributed by atoms with E-state index in [1.54, 1.807) is 13.8 Å². The Kier molecular flexibility index (Phi) is 5.94. The molecule has 4 heteroatoms. The van der Waals surface area contributed by atoms with Crippen molar-refractivity contribution >= 4 is 5.91 Å². The van der Waals surface area contributed by atoms with Crippen LogP contribution in [0.3, 0.4) is 0 Å². The first kappa shape index (κ1) is 20.7. The van der Waals surface area contributed by atoms with Crippen LogP contribution in [0.15, 0.2) is 48.5 Å². The van der Waals surface area contributed by atoms with Crippen molar-refractivity contribution in [2.45, 2.75) is 44.8 Å². The highest BCUT2D eigenvalue weighted by atomic mass is 16.3. The number of carbonyl (C=O) groups excluding carboxylic acids is 1. The Morgan fingerprint density at radius 2 is 1.77 bits per heavy atom. The standard InChI is InChI=1S/C26H30N2O2/c1-26(2,30)13-12-20-6-5-9-23(18-20)25(29)28-16-14-27(15-17-28)24-11-10-21-7-3-4-8-22(21)19-24/h3-9,18,24,30H,10-11,14-17,19H2,1-2H3. The van der Waals surface area contributed by atoms with Gasteiger partial charge in [-0.15, -0.1) is 0 Å². The molecule has 2 aromatic rings. The third kappa shape index (κ3) is 4.92. The molecule has 4 rings (SSSR count). The first-order valence-corrected chi connectivity index (χ1v) is 10.8. The number of benzene rings is 2. The lowest BCUT2D eigenvalue weighted by Crippen LogP contribution is -2.53. The monoisotopic (exact) mass is 402 g/mol. The lowest BCUT2D eigenvalue weighted by molar-refractivity contribution is 0.0553. The van der Waals surface area contributed by atoms with Crippen LogP contribution in [0.1, 0.15) is 47.3 Å². The Balaban J connectivity index is 1.36. The van der Waals surface area contributed by atoms with Crippen molar-refractivity contribution in [1.82, 2.24) is 9.80 Å². The fourth-order valence-electron chi connectivity index (χ4n) is 4.42. The molecule has 1 unspecified atom stereocenters. The lowest BCUT2D eigenvalue weighted by atomic mass is 9.87. The summed E-state index contributed by atoms with van der Waals surface area (Å²) in [5, 5.41) is 9.79. The van der Waals surface area contributed by atoms with Gasteiger partial charge in [-0.3, -0.25) is 9.69 Å². The van der Waals surface area contributed by atoms with Gasteiger partial charge in [0.1, 0.15) is 5.60 Å². The zero-order valence-corrected chi connectivity index (χ0v) is 17.9. The van der Waals surface area contributed by atoms with Gasteiger partial charge >= 0.3 is 0 Å². The summed E-state index contributed by atoms with van der Waals surface area (Å²) in [6, 6.07) is 16.8. The van der Waals surface area contributed by atoms with Crippen LogP contribution in [0.4, 0.5) is 0 Å². The molecule has 0 saturated carbocycles. The van der Waals surface area contributed by atoms with E-state index in [1.807, 2.05) is 29.2 Å². The zero-order chi connectivity index (χ0) is 21.1. The highest BCUT2D eigenvalue weighted by Gasteiger charge is 2.29. The van der Waals surface area contributed by atoms with Gasteiger partial charge < -0.3 is 10.0 Å². The number of fused-ring (bicyclic) bond motifs is 1. The molecule has 1 atom stereocenters. The van der Waals surface area contributed by atoms with Gasteiger partial charge in [0.15, 0.2) is 0 Å². The van der Waals surface area contributed by atoms with Crippen molar-refractivity contribution in [3.63, 3.8) is 0 Å². The van der Waals surface area contributed by atoms with Crippen LogP contribution in [-0.2, 0) is 12.8 Å². The first-order valence-electron chi connectivity index (χ1n) is 10.8. The third-order valence-electron chi connectivity index (χ3n) is 6.06. The molecule has 0 bridgehead atoms. The summed E-state index contributed by atoms with van der Waals surface area (Å²) in [5.41, 5.74) is 3.35. The summed E-state index contributed by atoms with van der Waals surface area (Å²) in [7, 11) is 0. The molecule has 1 saturated heterocycles. The second kappa shape index (κ2) is 8.63. The molecule has 156 valence electrons. The number of rotatable bonds is 2. The van der Waals surface area contributed by atoms with Crippen molar-refractivity contribution in [1.29, 1.82) is 0 Å². The predicted octanol–water partition coefficient (Wildman–Crippen LogP) is 3.12. The number of carbonyl (C=O) groups is 1. The van der Waals surface area contributed by atoms with Crippen molar-refractivity contribution in [3.8, 4) is 11.8 Å². The van der Waals surface area contributed by atoms with Gasteiger partial charge in [0.25, 0.3) is 5.91 Å². The SMILES string of the molecule is CC(C)(O)C#Cc1cccc(C(=O)N2CCN(C3CCc4ccccc4C3)CC2)c1. The molecule has 2 aliphatic rings. The third-order valence-corrected chi connectivity index (χ3v) is 6.06. The molecule has 1 aliphatic heterocycles. The van der Waals surface area contributed by atoms with Gasteiger partial charge in [-0.05, 0) is 62.4 Å². The van der Waals surface area contributed by atoms with E-state index in [-0.39, 0.29) is 5.91 Å². The van der Waals surface area contributed by atoms with Crippen LogP contribution in [0.5, 0.6) is 0 Å². The average Bonchev–Trinajstić information content (AvgIpc) is 2.77. The second-order valence-electron chi connectivity index (χ2n) is 8.88. The maximum atomic E-state index is 13.0. The van der Waals surface area contributed by atoms with Crippen LogP contribution in [0.25, 0.3) is 0 Å². The first-order chi connectivity index (χ1) is 14.4. The molecule has 30 heavy (non-hydrogen) atoms. The Morgan fingerprint density at radius 3 is 2.50 bits per heavy atom. The van der Waals surface area contributed by atoms with Crippen molar-refractivity contribution < 1.29 is 9.90 Å². The van der Waals surface area contributed by atoms with Gasteiger partial charge in [0, 0.05) is 43.3 Å². The highest BCUT2D eigenvalue weighted by molar-refractivity contribution is 5.94. The van der Waals surface area contributed by atoms with Gasteiger partial charge in [-0.1, -0.05) is 42.2 Å². The van der Waals surface area contributed by atoms with E-state index in [2.05, 4.69) is 41.0 Å². The molecule has 0 aromatic heterocycles. The molecular weight excluding hydrogens is 372 g/mol. The Morgan fingerprint density at radius 1 is 1.03 bits per heavy atom. The summed E-state index contributed by atoms with van der Waals surface area (Å²) >= 11 is 0. The Hall–Kier alpha value is -2.61. The molecule has 1 fully saturated rings. The fraction of sp³-hybridized carbons (Fsp3) is 0.423. The summed E-state index contributed by atoms with van der Waals surface area (Å²) in [6.07, 6.45) is 3.47. The van der Waals surface area contributed by atoms with E-state index in [9.17, 15) is 9.90 Å². The van der Waals surface area contributed by atoms with E-state index < -0.39 is 5.60 Å². The quantitative estimate of drug-likeness (QED) is 0.785. The van der Waals surface area contributed by atoms with E-state index in [0.29, 0.717) is 11.6 Å². The Labute approximate surface area is 179 Å². The van der Waals surface area contributed by atoms with Crippen molar-refractivity contribution in [2.24, 2.45) is 0 Å². The number of hydrogen-bond donors (Lipinski definition) is 1. The van der Waals surface area contributed by atoms with Crippen LogP contribution in [0.2, 0.25) is 0 Å². The zero-order valence-electron chi connectivity index (χ0n) is 17.9. The van der Waals surface area contributed by atoms with Crippen molar-refractivity contribution in [2.75, 3.05) is 26.2 Å². The van der Waals surface area contributed by atoms with E-state index in [0.717, 1.165) is 44.6 Å². The Bertz CT molecular complexity index is 972. The van der Waals surface area contributed by atoms with E-state index >= 15 is 0 Å². The number of aliphatic hydroxyl groups is 1.